The van der Waals surface area contributed by atoms with Crippen LogP contribution in [0.25, 0.3) is 0 Å². The summed E-state index contributed by atoms with van der Waals surface area (Å²) in [6.07, 6.45) is 0. The molecule has 0 unspecified atom stereocenters. The fourth-order valence-corrected chi connectivity index (χ4v) is 2.38. The molecule has 1 aromatic rings. The third-order valence-corrected chi connectivity index (χ3v) is 3.41. The lowest BCUT2D eigenvalue weighted by Gasteiger charge is -2.27. The molecule has 4 nitrogen and oxygen atoms in total. The number of hydrogen-bond acceptors (Lipinski definition) is 3. The highest BCUT2D eigenvalue weighted by molar-refractivity contribution is 6.31. The van der Waals surface area contributed by atoms with E-state index in [1.807, 2.05) is 0 Å². The Morgan fingerprint density at radius 1 is 1.43 bits per heavy atom. The standard InChI is InChI=1S/C15H17ClFNO3/c1-8(14(20)21-15(2,3)4)18-7-11-10(13(18)19)5-9(16)6-12(11)17/h5-6,8H,7H2,1-4H3/t8-/m1/s1. The van der Waals surface area contributed by atoms with E-state index in [4.69, 9.17) is 16.3 Å². The number of rotatable bonds is 2. The Morgan fingerprint density at radius 3 is 2.62 bits per heavy atom. The van der Waals surface area contributed by atoms with Crippen molar-refractivity contribution in [3.05, 3.63) is 34.1 Å². The van der Waals surface area contributed by atoms with E-state index in [0.717, 1.165) is 6.07 Å². The lowest BCUT2D eigenvalue weighted by Crippen LogP contribution is -2.42. The summed E-state index contributed by atoms with van der Waals surface area (Å²) < 4.78 is 19.1. The van der Waals surface area contributed by atoms with Gasteiger partial charge in [-0.05, 0) is 39.8 Å². The van der Waals surface area contributed by atoms with Crippen LogP contribution in [0.15, 0.2) is 12.1 Å². The Kier molecular flexibility index (Phi) is 3.97. The highest BCUT2D eigenvalue weighted by atomic mass is 35.5. The van der Waals surface area contributed by atoms with Crippen LogP contribution in [-0.2, 0) is 16.1 Å². The predicted molar refractivity (Wildman–Crippen MR) is 76.6 cm³/mol. The summed E-state index contributed by atoms with van der Waals surface area (Å²) in [5.74, 6) is -1.47. The van der Waals surface area contributed by atoms with Crippen LogP contribution in [0.4, 0.5) is 4.39 Å². The zero-order valence-corrected chi connectivity index (χ0v) is 13.1. The summed E-state index contributed by atoms with van der Waals surface area (Å²) in [6.45, 7) is 6.85. The fourth-order valence-electron chi connectivity index (χ4n) is 2.18. The molecule has 1 aromatic carbocycles. The van der Waals surface area contributed by atoms with Gasteiger partial charge in [-0.2, -0.15) is 0 Å². The van der Waals surface area contributed by atoms with Gasteiger partial charge < -0.3 is 9.64 Å². The molecule has 0 fully saturated rings. The molecule has 0 spiro atoms. The second-order valence-electron chi connectivity index (χ2n) is 6.06. The highest BCUT2D eigenvalue weighted by Crippen LogP contribution is 2.30. The number of carbonyl (C=O) groups is 2. The summed E-state index contributed by atoms with van der Waals surface area (Å²) >= 11 is 5.77. The van der Waals surface area contributed by atoms with Crippen LogP contribution < -0.4 is 0 Å². The van der Waals surface area contributed by atoms with Crippen LogP contribution in [0.5, 0.6) is 0 Å². The van der Waals surface area contributed by atoms with E-state index in [2.05, 4.69) is 0 Å². The first-order valence-corrected chi connectivity index (χ1v) is 6.99. The van der Waals surface area contributed by atoms with Crippen LogP contribution >= 0.6 is 11.6 Å². The maximum Gasteiger partial charge on any atom is 0.329 e. The van der Waals surface area contributed by atoms with Gasteiger partial charge in [0.25, 0.3) is 5.91 Å². The maximum absolute atomic E-state index is 13.9. The molecular formula is C15H17ClFNO3. The van der Waals surface area contributed by atoms with Crippen molar-refractivity contribution in [1.29, 1.82) is 0 Å². The van der Waals surface area contributed by atoms with E-state index >= 15 is 0 Å². The number of fused-ring (bicyclic) bond motifs is 1. The molecular weight excluding hydrogens is 297 g/mol. The summed E-state index contributed by atoms with van der Waals surface area (Å²) in [4.78, 5) is 25.7. The number of hydrogen-bond donors (Lipinski definition) is 0. The summed E-state index contributed by atoms with van der Waals surface area (Å²) in [5, 5.41) is 0.159. The van der Waals surface area contributed by atoms with Crippen LogP contribution in [0, 0.1) is 5.82 Å². The normalized spacial score (nSPS) is 15.9. The Balaban J connectivity index is 2.23. The summed E-state index contributed by atoms with van der Waals surface area (Å²) in [6, 6.07) is 1.79. The minimum Gasteiger partial charge on any atom is -0.458 e. The Morgan fingerprint density at radius 2 is 2.05 bits per heavy atom. The van der Waals surface area contributed by atoms with Gasteiger partial charge in [-0.15, -0.1) is 0 Å². The van der Waals surface area contributed by atoms with Crippen molar-refractivity contribution in [1.82, 2.24) is 4.90 Å². The third-order valence-electron chi connectivity index (χ3n) is 3.20. The van der Waals surface area contributed by atoms with E-state index in [9.17, 15) is 14.0 Å². The van der Waals surface area contributed by atoms with Gasteiger partial charge in [0.2, 0.25) is 0 Å². The van der Waals surface area contributed by atoms with Crippen molar-refractivity contribution in [3.63, 3.8) is 0 Å². The van der Waals surface area contributed by atoms with Crippen LogP contribution in [-0.4, -0.2) is 28.4 Å². The van der Waals surface area contributed by atoms with Crippen LogP contribution in [0.3, 0.4) is 0 Å². The van der Waals surface area contributed by atoms with Crippen molar-refractivity contribution in [2.75, 3.05) is 0 Å². The first-order chi connectivity index (χ1) is 9.60. The second-order valence-corrected chi connectivity index (χ2v) is 6.49. The highest BCUT2D eigenvalue weighted by Gasteiger charge is 2.37. The van der Waals surface area contributed by atoms with Gasteiger partial charge in [-0.3, -0.25) is 4.79 Å². The molecule has 1 atom stereocenters. The second kappa shape index (κ2) is 5.30. The lowest BCUT2D eigenvalue weighted by atomic mass is 10.1. The maximum atomic E-state index is 13.9. The molecule has 0 aliphatic carbocycles. The first-order valence-electron chi connectivity index (χ1n) is 6.62. The molecule has 0 N–H and O–H groups in total. The van der Waals surface area contributed by atoms with Crippen molar-refractivity contribution < 1.29 is 18.7 Å². The van der Waals surface area contributed by atoms with Gasteiger partial charge in [-0.1, -0.05) is 11.6 Å². The van der Waals surface area contributed by atoms with Crippen LogP contribution in [0.1, 0.15) is 43.6 Å². The van der Waals surface area contributed by atoms with Crippen molar-refractivity contribution >= 4 is 23.5 Å². The molecule has 114 valence electrons. The smallest absolute Gasteiger partial charge is 0.329 e. The molecule has 21 heavy (non-hydrogen) atoms. The SMILES string of the molecule is C[C@H](C(=O)OC(C)(C)C)N1Cc2c(F)cc(Cl)cc2C1=O. The van der Waals surface area contributed by atoms with Gasteiger partial charge >= 0.3 is 5.97 Å². The molecule has 0 aromatic heterocycles. The zero-order valence-electron chi connectivity index (χ0n) is 12.4. The molecule has 0 bridgehead atoms. The molecule has 6 heteroatoms. The number of halogens is 2. The van der Waals surface area contributed by atoms with Gasteiger partial charge in [-0.25, -0.2) is 9.18 Å². The predicted octanol–water partition coefficient (Wildman–Crippen LogP) is 3.17. The van der Waals surface area contributed by atoms with E-state index in [1.54, 1.807) is 27.7 Å². The van der Waals surface area contributed by atoms with E-state index in [-0.39, 0.29) is 22.7 Å². The molecule has 1 aliphatic heterocycles. The van der Waals surface area contributed by atoms with Crippen molar-refractivity contribution in [2.24, 2.45) is 0 Å². The monoisotopic (exact) mass is 313 g/mol. The molecule has 1 heterocycles. The number of benzene rings is 1. The van der Waals surface area contributed by atoms with Crippen LogP contribution in [0.2, 0.25) is 5.02 Å². The molecule has 1 aliphatic rings. The minimum absolute atomic E-state index is 0.0393. The Labute approximate surface area is 127 Å². The third kappa shape index (κ3) is 3.18. The van der Waals surface area contributed by atoms with E-state index in [0.29, 0.717) is 0 Å². The number of carbonyl (C=O) groups excluding carboxylic acids is 2. The van der Waals surface area contributed by atoms with Crippen molar-refractivity contribution in [2.45, 2.75) is 45.9 Å². The minimum atomic E-state index is -0.790. The quantitative estimate of drug-likeness (QED) is 0.788. The largest absolute Gasteiger partial charge is 0.458 e. The first kappa shape index (κ1) is 15.8. The number of nitrogens with zero attached hydrogens (tertiary/aromatic N) is 1. The number of ether oxygens (including phenoxy) is 1. The van der Waals surface area contributed by atoms with Crippen molar-refractivity contribution in [3.8, 4) is 0 Å². The Hall–Kier alpha value is -1.62. The Bertz CT molecular complexity index is 610. The van der Waals surface area contributed by atoms with Gasteiger partial charge in [0.15, 0.2) is 0 Å². The topological polar surface area (TPSA) is 46.6 Å². The summed E-state index contributed by atoms with van der Waals surface area (Å²) in [7, 11) is 0. The fraction of sp³-hybridized carbons (Fsp3) is 0.467. The van der Waals surface area contributed by atoms with Gasteiger partial charge in [0.1, 0.15) is 17.5 Å². The van der Waals surface area contributed by atoms with Gasteiger partial charge in [0, 0.05) is 16.1 Å². The van der Waals surface area contributed by atoms with Gasteiger partial charge in [0.05, 0.1) is 6.54 Å². The van der Waals surface area contributed by atoms with E-state index in [1.165, 1.54) is 11.0 Å². The molecule has 0 saturated heterocycles. The average molecular weight is 314 g/mol. The summed E-state index contributed by atoms with van der Waals surface area (Å²) in [5.41, 5.74) is -0.176. The molecule has 1 amide bonds. The number of amides is 1. The zero-order chi connectivity index (χ0) is 15.9. The average Bonchev–Trinajstić information content (AvgIpc) is 2.64. The van der Waals surface area contributed by atoms with E-state index < -0.39 is 29.3 Å². The molecule has 0 radical (unpaired) electrons. The number of esters is 1. The molecule has 0 saturated carbocycles. The molecule has 2 rings (SSSR count). The lowest BCUT2D eigenvalue weighted by molar-refractivity contribution is -0.159.